The van der Waals surface area contributed by atoms with Gasteiger partial charge in [-0.2, -0.15) is 0 Å². The molecular weight excluding hydrogens is 312 g/mol. The van der Waals surface area contributed by atoms with Gasteiger partial charge in [-0.25, -0.2) is 0 Å². The fourth-order valence-electron chi connectivity index (χ4n) is 2.03. The van der Waals surface area contributed by atoms with Gasteiger partial charge < -0.3 is 15.7 Å². The van der Waals surface area contributed by atoms with Crippen LogP contribution in [0.1, 0.15) is 30.6 Å². The monoisotopic (exact) mass is 328 g/mol. The van der Waals surface area contributed by atoms with Crippen molar-refractivity contribution in [3.63, 3.8) is 0 Å². The van der Waals surface area contributed by atoms with Crippen molar-refractivity contribution in [1.82, 2.24) is 0 Å². The molecule has 0 saturated heterocycles. The van der Waals surface area contributed by atoms with E-state index in [9.17, 15) is 9.59 Å². The van der Waals surface area contributed by atoms with Crippen molar-refractivity contribution in [3.8, 4) is 0 Å². The summed E-state index contributed by atoms with van der Waals surface area (Å²) in [6.07, 6.45) is -0.00143. The number of hydrogen-bond acceptors (Lipinski definition) is 3. The number of benzene rings is 1. The number of hydrogen-bond donors (Lipinski definition) is 2. The molecule has 0 bridgehead atoms. The summed E-state index contributed by atoms with van der Waals surface area (Å²) >= 11 is 3.35. The van der Waals surface area contributed by atoms with E-state index in [-0.39, 0.29) is 12.5 Å². The van der Waals surface area contributed by atoms with Crippen LogP contribution in [0.4, 0.5) is 5.69 Å². The van der Waals surface area contributed by atoms with Crippen LogP contribution in [-0.4, -0.2) is 29.6 Å². The number of anilines is 1. The standard InChI is InChI=1S/C13H17BrN2O3/c1-3-16(8(2)6-12(17)18)11-7-9(14)4-5-10(11)13(15)19/h4-5,7-8H,3,6H2,1-2H3,(H2,15,19)(H,17,18). The number of carbonyl (C=O) groups excluding carboxylic acids is 1. The second-order valence-corrected chi connectivity index (χ2v) is 5.17. The van der Waals surface area contributed by atoms with Crippen molar-refractivity contribution < 1.29 is 14.7 Å². The summed E-state index contributed by atoms with van der Waals surface area (Å²) in [7, 11) is 0. The third kappa shape index (κ3) is 3.96. The van der Waals surface area contributed by atoms with Gasteiger partial charge in [0, 0.05) is 17.1 Å². The Labute approximate surface area is 120 Å². The van der Waals surface area contributed by atoms with Crippen LogP contribution in [0.25, 0.3) is 0 Å². The van der Waals surface area contributed by atoms with Crippen molar-refractivity contribution in [2.24, 2.45) is 5.73 Å². The second-order valence-electron chi connectivity index (χ2n) is 4.26. The van der Waals surface area contributed by atoms with Crippen molar-refractivity contribution >= 4 is 33.5 Å². The number of rotatable bonds is 6. The van der Waals surface area contributed by atoms with Gasteiger partial charge >= 0.3 is 5.97 Å². The van der Waals surface area contributed by atoms with E-state index < -0.39 is 11.9 Å². The van der Waals surface area contributed by atoms with Gasteiger partial charge in [0.25, 0.3) is 5.91 Å². The molecule has 5 nitrogen and oxygen atoms in total. The lowest BCUT2D eigenvalue weighted by Crippen LogP contribution is -2.36. The predicted molar refractivity (Wildman–Crippen MR) is 77.4 cm³/mol. The highest BCUT2D eigenvalue weighted by Gasteiger charge is 2.20. The van der Waals surface area contributed by atoms with Gasteiger partial charge in [-0.15, -0.1) is 0 Å². The lowest BCUT2D eigenvalue weighted by Gasteiger charge is -2.30. The van der Waals surface area contributed by atoms with E-state index in [1.165, 1.54) is 0 Å². The molecule has 0 radical (unpaired) electrons. The molecule has 1 aromatic carbocycles. The highest BCUT2D eigenvalue weighted by molar-refractivity contribution is 9.10. The van der Waals surface area contributed by atoms with Crippen molar-refractivity contribution in [3.05, 3.63) is 28.2 Å². The van der Waals surface area contributed by atoms with E-state index in [2.05, 4.69) is 15.9 Å². The molecule has 1 aromatic rings. The van der Waals surface area contributed by atoms with Gasteiger partial charge in [-0.1, -0.05) is 15.9 Å². The zero-order chi connectivity index (χ0) is 14.6. The summed E-state index contributed by atoms with van der Waals surface area (Å²) in [5.41, 5.74) is 6.40. The Morgan fingerprint density at radius 3 is 2.58 bits per heavy atom. The third-order valence-electron chi connectivity index (χ3n) is 2.88. The molecule has 0 fully saturated rings. The maximum atomic E-state index is 11.5. The molecule has 0 saturated carbocycles. The average molecular weight is 329 g/mol. The third-order valence-corrected chi connectivity index (χ3v) is 3.37. The van der Waals surface area contributed by atoms with Crippen LogP contribution in [0.2, 0.25) is 0 Å². The summed E-state index contributed by atoms with van der Waals surface area (Å²) in [4.78, 5) is 24.1. The van der Waals surface area contributed by atoms with E-state index in [0.717, 1.165) is 4.47 Å². The van der Waals surface area contributed by atoms with Crippen LogP contribution in [0.3, 0.4) is 0 Å². The molecule has 1 atom stereocenters. The van der Waals surface area contributed by atoms with E-state index in [1.54, 1.807) is 18.2 Å². The number of carboxylic acid groups (broad SMARTS) is 1. The van der Waals surface area contributed by atoms with E-state index >= 15 is 0 Å². The molecule has 0 heterocycles. The SMILES string of the molecule is CCN(c1cc(Br)ccc1C(N)=O)C(C)CC(=O)O. The number of carboxylic acids is 1. The zero-order valence-corrected chi connectivity index (χ0v) is 12.5. The number of amides is 1. The van der Waals surface area contributed by atoms with E-state index in [0.29, 0.717) is 17.8 Å². The Morgan fingerprint density at radius 1 is 1.47 bits per heavy atom. The molecule has 0 aliphatic carbocycles. The molecule has 1 amide bonds. The average Bonchev–Trinajstić information content (AvgIpc) is 2.28. The molecule has 1 unspecified atom stereocenters. The Hall–Kier alpha value is -1.56. The Morgan fingerprint density at radius 2 is 2.11 bits per heavy atom. The van der Waals surface area contributed by atoms with Gasteiger partial charge in [0.2, 0.25) is 0 Å². The first kappa shape index (κ1) is 15.5. The van der Waals surface area contributed by atoms with Crippen LogP contribution in [-0.2, 0) is 4.79 Å². The lowest BCUT2D eigenvalue weighted by atomic mass is 10.1. The van der Waals surface area contributed by atoms with Gasteiger partial charge in [-0.05, 0) is 32.0 Å². The molecule has 1 rings (SSSR count). The van der Waals surface area contributed by atoms with E-state index in [1.807, 2.05) is 18.7 Å². The molecular formula is C13H17BrN2O3. The summed E-state index contributed by atoms with van der Waals surface area (Å²) in [6, 6.07) is 4.92. The zero-order valence-electron chi connectivity index (χ0n) is 10.9. The first-order valence-corrected chi connectivity index (χ1v) is 6.73. The van der Waals surface area contributed by atoms with Gasteiger partial charge in [0.05, 0.1) is 17.7 Å². The maximum Gasteiger partial charge on any atom is 0.305 e. The first-order valence-electron chi connectivity index (χ1n) is 5.94. The fourth-order valence-corrected chi connectivity index (χ4v) is 2.38. The molecule has 0 spiro atoms. The summed E-state index contributed by atoms with van der Waals surface area (Å²) in [6.45, 7) is 4.30. The van der Waals surface area contributed by atoms with Crippen molar-refractivity contribution in [2.75, 3.05) is 11.4 Å². The molecule has 104 valence electrons. The minimum Gasteiger partial charge on any atom is -0.481 e. The van der Waals surface area contributed by atoms with Gasteiger partial charge in [0.15, 0.2) is 0 Å². The Bertz CT molecular complexity index is 491. The van der Waals surface area contributed by atoms with Crippen LogP contribution in [0.5, 0.6) is 0 Å². The van der Waals surface area contributed by atoms with Gasteiger partial charge in [0.1, 0.15) is 0 Å². The number of carbonyl (C=O) groups is 2. The van der Waals surface area contributed by atoms with Crippen molar-refractivity contribution in [2.45, 2.75) is 26.3 Å². The van der Waals surface area contributed by atoms with Crippen LogP contribution in [0.15, 0.2) is 22.7 Å². The Balaban J connectivity index is 3.19. The number of aliphatic carboxylic acids is 1. The maximum absolute atomic E-state index is 11.5. The molecule has 0 aromatic heterocycles. The normalized spacial score (nSPS) is 11.9. The highest BCUT2D eigenvalue weighted by Crippen LogP contribution is 2.27. The fraction of sp³-hybridized carbons (Fsp3) is 0.385. The minimum atomic E-state index is -0.874. The van der Waals surface area contributed by atoms with Crippen LogP contribution >= 0.6 is 15.9 Å². The van der Waals surface area contributed by atoms with Crippen LogP contribution in [0, 0.1) is 0 Å². The first-order chi connectivity index (χ1) is 8.86. The minimum absolute atomic E-state index is 0.00143. The van der Waals surface area contributed by atoms with E-state index in [4.69, 9.17) is 10.8 Å². The lowest BCUT2D eigenvalue weighted by molar-refractivity contribution is -0.137. The molecule has 6 heteroatoms. The molecule has 19 heavy (non-hydrogen) atoms. The quantitative estimate of drug-likeness (QED) is 0.838. The van der Waals surface area contributed by atoms with Gasteiger partial charge in [-0.3, -0.25) is 9.59 Å². The summed E-state index contributed by atoms with van der Waals surface area (Å²) in [5, 5.41) is 8.88. The number of primary amides is 1. The largest absolute Gasteiger partial charge is 0.481 e. The Kier molecular flexibility index (Phi) is 5.35. The number of nitrogens with two attached hydrogens (primary N) is 1. The number of nitrogens with zero attached hydrogens (tertiary/aromatic N) is 1. The highest BCUT2D eigenvalue weighted by atomic mass is 79.9. The smallest absolute Gasteiger partial charge is 0.305 e. The molecule has 3 N–H and O–H groups in total. The van der Waals surface area contributed by atoms with Crippen LogP contribution < -0.4 is 10.6 Å². The van der Waals surface area contributed by atoms with Crippen molar-refractivity contribution in [1.29, 1.82) is 0 Å². The number of halogens is 1. The molecule has 0 aliphatic rings. The second kappa shape index (κ2) is 6.56. The summed E-state index contributed by atoms with van der Waals surface area (Å²) in [5.74, 6) is -1.40. The summed E-state index contributed by atoms with van der Waals surface area (Å²) < 4.78 is 0.813. The predicted octanol–water partition coefficient (Wildman–Crippen LogP) is 2.24. The topological polar surface area (TPSA) is 83.6 Å². The molecule has 0 aliphatic heterocycles.